The van der Waals surface area contributed by atoms with E-state index in [1.807, 2.05) is 0 Å². The molecule has 88 valence electrons. The van der Waals surface area contributed by atoms with Crippen LogP contribution in [0.3, 0.4) is 0 Å². The van der Waals surface area contributed by atoms with Crippen LogP contribution in [0.25, 0.3) is 0 Å². The van der Waals surface area contributed by atoms with Crippen molar-refractivity contribution in [2.24, 2.45) is 11.7 Å². The summed E-state index contributed by atoms with van der Waals surface area (Å²) in [6, 6.07) is 11.1. The smallest absolute Gasteiger partial charge is 0.0191 e. The lowest BCUT2D eigenvalue weighted by atomic mass is 9.90. The number of likely N-dealkylation sites (tertiary alicyclic amines) is 1. The molecule has 2 heteroatoms. The lowest BCUT2D eigenvalue weighted by Gasteiger charge is -2.41. The minimum absolute atomic E-state index is 0.316. The van der Waals surface area contributed by atoms with Crippen molar-refractivity contribution in [1.29, 1.82) is 0 Å². The molecule has 0 amide bonds. The van der Waals surface area contributed by atoms with Gasteiger partial charge in [0, 0.05) is 31.6 Å². The highest BCUT2D eigenvalue weighted by Gasteiger charge is 2.29. The largest absolute Gasteiger partial charge is 0.326 e. The Kier molecular flexibility index (Phi) is 3.62. The van der Waals surface area contributed by atoms with Gasteiger partial charge >= 0.3 is 0 Å². The van der Waals surface area contributed by atoms with E-state index in [1.165, 1.54) is 18.7 Å². The van der Waals surface area contributed by atoms with Crippen LogP contribution in [-0.4, -0.2) is 30.6 Å². The number of nitrogens with two attached hydrogens (primary N) is 1. The summed E-state index contributed by atoms with van der Waals surface area (Å²) >= 11 is 0. The van der Waals surface area contributed by atoms with E-state index in [1.54, 1.807) is 0 Å². The lowest BCUT2D eigenvalue weighted by Crippen LogP contribution is -2.51. The summed E-state index contributed by atoms with van der Waals surface area (Å²) in [7, 11) is 0. The minimum atomic E-state index is 0.316. The van der Waals surface area contributed by atoms with Crippen LogP contribution in [0.5, 0.6) is 0 Å². The molecule has 1 aliphatic heterocycles. The molecule has 0 aromatic heterocycles. The average molecular weight is 218 g/mol. The van der Waals surface area contributed by atoms with Crippen LogP contribution in [-0.2, 0) is 0 Å². The van der Waals surface area contributed by atoms with Gasteiger partial charge in [-0.1, -0.05) is 44.2 Å². The summed E-state index contributed by atoms with van der Waals surface area (Å²) in [5.41, 5.74) is 7.54. The van der Waals surface area contributed by atoms with Crippen molar-refractivity contribution in [2.45, 2.75) is 25.8 Å². The van der Waals surface area contributed by atoms with Crippen molar-refractivity contribution in [3.63, 3.8) is 0 Å². The van der Waals surface area contributed by atoms with Gasteiger partial charge in [0.2, 0.25) is 0 Å². The molecule has 2 rings (SSSR count). The molecule has 0 spiro atoms. The Morgan fingerprint density at radius 3 is 2.44 bits per heavy atom. The van der Waals surface area contributed by atoms with E-state index in [9.17, 15) is 0 Å². The summed E-state index contributed by atoms with van der Waals surface area (Å²) in [4.78, 5) is 2.46. The van der Waals surface area contributed by atoms with E-state index >= 15 is 0 Å². The van der Waals surface area contributed by atoms with Gasteiger partial charge in [0.25, 0.3) is 0 Å². The van der Waals surface area contributed by atoms with E-state index < -0.39 is 0 Å². The average Bonchev–Trinajstić information content (AvgIpc) is 2.23. The summed E-state index contributed by atoms with van der Waals surface area (Å²) in [5, 5.41) is 0. The third kappa shape index (κ3) is 2.63. The molecule has 0 radical (unpaired) electrons. The molecule has 2 nitrogen and oxygen atoms in total. The van der Waals surface area contributed by atoms with Gasteiger partial charge in [-0.15, -0.1) is 0 Å². The summed E-state index contributed by atoms with van der Waals surface area (Å²) in [6.07, 6.45) is 0. The number of hydrogen-bond donors (Lipinski definition) is 1. The highest BCUT2D eigenvalue weighted by Crippen LogP contribution is 2.26. The molecule has 2 N–H and O–H groups in total. The quantitative estimate of drug-likeness (QED) is 0.838. The maximum absolute atomic E-state index is 6.07. The van der Waals surface area contributed by atoms with E-state index in [0.29, 0.717) is 12.0 Å². The van der Waals surface area contributed by atoms with Crippen molar-refractivity contribution in [3.8, 4) is 0 Å². The van der Waals surface area contributed by atoms with Crippen LogP contribution in [0.4, 0.5) is 0 Å². The normalized spacial score (nSPS) is 19.8. The first-order valence-electron chi connectivity index (χ1n) is 6.19. The van der Waals surface area contributed by atoms with Gasteiger partial charge in [0.15, 0.2) is 0 Å². The first-order chi connectivity index (χ1) is 7.66. The second-order valence-corrected chi connectivity index (χ2v) is 5.23. The molecule has 1 fully saturated rings. The van der Waals surface area contributed by atoms with Gasteiger partial charge in [-0.05, 0) is 11.5 Å². The van der Waals surface area contributed by atoms with Gasteiger partial charge in [0.1, 0.15) is 0 Å². The fourth-order valence-corrected chi connectivity index (χ4v) is 2.16. The number of hydrogen-bond acceptors (Lipinski definition) is 2. The third-order valence-corrected chi connectivity index (χ3v) is 3.55. The number of nitrogens with zero attached hydrogens (tertiary/aromatic N) is 1. The first-order valence-corrected chi connectivity index (χ1v) is 6.19. The van der Waals surface area contributed by atoms with Crippen LogP contribution in [0.2, 0.25) is 0 Å². The number of rotatable bonds is 4. The Labute approximate surface area is 98.4 Å². The Balaban J connectivity index is 1.78. The van der Waals surface area contributed by atoms with E-state index in [4.69, 9.17) is 5.73 Å². The SMILES string of the molecule is CC(C)C(N)CN1CC(c2ccccc2)C1. The third-order valence-electron chi connectivity index (χ3n) is 3.55. The predicted molar refractivity (Wildman–Crippen MR) is 68.4 cm³/mol. The van der Waals surface area contributed by atoms with Crippen molar-refractivity contribution in [2.75, 3.05) is 19.6 Å². The maximum atomic E-state index is 6.07. The monoisotopic (exact) mass is 218 g/mol. The molecule has 1 aromatic rings. The molecule has 0 bridgehead atoms. The standard InChI is InChI=1S/C14H22N2/c1-11(2)14(15)10-16-8-13(9-16)12-6-4-3-5-7-12/h3-7,11,13-14H,8-10,15H2,1-2H3. The zero-order chi connectivity index (χ0) is 11.5. The van der Waals surface area contributed by atoms with Crippen LogP contribution >= 0.6 is 0 Å². The fraction of sp³-hybridized carbons (Fsp3) is 0.571. The molecule has 0 aliphatic carbocycles. The highest BCUT2D eigenvalue weighted by atomic mass is 15.2. The second kappa shape index (κ2) is 4.98. The Bertz CT molecular complexity index is 315. The fourth-order valence-electron chi connectivity index (χ4n) is 2.16. The topological polar surface area (TPSA) is 29.3 Å². The summed E-state index contributed by atoms with van der Waals surface area (Å²) < 4.78 is 0. The zero-order valence-electron chi connectivity index (χ0n) is 10.3. The van der Waals surface area contributed by atoms with E-state index in [0.717, 1.165) is 12.5 Å². The van der Waals surface area contributed by atoms with Crippen LogP contribution in [0.1, 0.15) is 25.3 Å². The zero-order valence-corrected chi connectivity index (χ0v) is 10.3. The molecule has 1 aromatic carbocycles. The van der Waals surface area contributed by atoms with Crippen molar-refractivity contribution in [1.82, 2.24) is 4.90 Å². The molecule has 1 saturated heterocycles. The van der Waals surface area contributed by atoms with Crippen LogP contribution in [0.15, 0.2) is 30.3 Å². The minimum Gasteiger partial charge on any atom is -0.326 e. The molecule has 1 aliphatic rings. The van der Waals surface area contributed by atoms with E-state index in [2.05, 4.69) is 49.1 Å². The van der Waals surface area contributed by atoms with Crippen molar-refractivity contribution < 1.29 is 0 Å². The van der Waals surface area contributed by atoms with Gasteiger partial charge < -0.3 is 10.6 Å². The highest BCUT2D eigenvalue weighted by molar-refractivity contribution is 5.22. The van der Waals surface area contributed by atoms with E-state index in [-0.39, 0.29) is 0 Å². The molecule has 1 unspecified atom stereocenters. The Morgan fingerprint density at radius 2 is 1.88 bits per heavy atom. The summed E-state index contributed by atoms with van der Waals surface area (Å²) in [5.74, 6) is 1.30. The van der Waals surface area contributed by atoms with Crippen LogP contribution in [0, 0.1) is 5.92 Å². The van der Waals surface area contributed by atoms with Gasteiger partial charge in [-0.2, -0.15) is 0 Å². The Hall–Kier alpha value is -0.860. The maximum Gasteiger partial charge on any atom is 0.0191 e. The molecule has 16 heavy (non-hydrogen) atoms. The Morgan fingerprint density at radius 1 is 1.25 bits per heavy atom. The number of benzene rings is 1. The lowest BCUT2D eigenvalue weighted by molar-refractivity contribution is 0.130. The van der Waals surface area contributed by atoms with Gasteiger partial charge in [-0.3, -0.25) is 0 Å². The molecular weight excluding hydrogens is 196 g/mol. The molecule has 0 saturated carbocycles. The van der Waals surface area contributed by atoms with Gasteiger partial charge in [0.05, 0.1) is 0 Å². The summed E-state index contributed by atoms with van der Waals surface area (Å²) in [6.45, 7) is 7.77. The second-order valence-electron chi connectivity index (χ2n) is 5.23. The van der Waals surface area contributed by atoms with Crippen molar-refractivity contribution in [3.05, 3.63) is 35.9 Å². The molecule has 1 atom stereocenters. The van der Waals surface area contributed by atoms with Crippen LogP contribution < -0.4 is 5.73 Å². The van der Waals surface area contributed by atoms with Crippen molar-refractivity contribution >= 4 is 0 Å². The first kappa shape index (κ1) is 11.6. The molecular formula is C14H22N2. The van der Waals surface area contributed by atoms with Gasteiger partial charge in [-0.25, -0.2) is 0 Å². The molecule has 1 heterocycles. The predicted octanol–water partition coefficient (Wildman–Crippen LogP) is 2.07.